The molecule has 1 aromatic carbocycles. The summed E-state index contributed by atoms with van der Waals surface area (Å²) in [6.45, 7) is 3.86. The summed E-state index contributed by atoms with van der Waals surface area (Å²) in [5, 5.41) is 3.27. The zero-order valence-electron chi connectivity index (χ0n) is 7.39. The van der Waals surface area contributed by atoms with Crippen LogP contribution in [0.25, 0.3) is 0 Å². The third-order valence-corrected chi connectivity index (χ3v) is 2.39. The second kappa shape index (κ2) is 3.21. The molecule has 1 N–H and O–H groups in total. The molecule has 1 nitrogen and oxygen atoms in total. The number of halogens is 1. The minimum Gasteiger partial charge on any atom is -0.382 e. The van der Waals surface area contributed by atoms with Crippen molar-refractivity contribution in [3.63, 3.8) is 0 Å². The predicted molar refractivity (Wildman–Crippen MR) is 50.7 cm³/mol. The van der Waals surface area contributed by atoms with Crippen LogP contribution in [0.15, 0.2) is 36.5 Å². The topological polar surface area (TPSA) is 12.0 Å². The molecule has 1 unspecified atom stereocenters. The van der Waals surface area contributed by atoms with Gasteiger partial charge in [0.15, 0.2) is 0 Å². The van der Waals surface area contributed by atoms with Crippen LogP contribution in [0.2, 0.25) is 0 Å². The molecule has 1 fully saturated rings. The zero-order valence-corrected chi connectivity index (χ0v) is 7.39. The molecule has 2 rings (SSSR count). The normalized spacial score (nSPS) is 21.6. The summed E-state index contributed by atoms with van der Waals surface area (Å²) < 4.78 is 12.6. The van der Waals surface area contributed by atoms with Crippen molar-refractivity contribution in [2.45, 2.75) is 18.9 Å². The number of hydrogen-bond donors (Lipinski definition) is 1. The van der Waals surface area contributed by atoms with E-state index in [-0.39, 0.29) is 5.82 Å². The lowest BCUT2D eigenvalue weighted by molar-refractivity contribution is 0.620. The van der Waals surface area contributed by atoms with Crippen LogP contribution in [-0.4, -0.2) is 0 Å². The Morgan fingerprint density at radius 1 is 1.31 bits per heavy atom. The van der Waals surface area contributed by atoms with Crippen LogP contribution < -0.4 is 5.32 Å². The van der Waals surface area contributed by atoms with Crippen molar-refractivity contribution in [1.29, 1.82) is 0 Å². The predicted octanol–water partition coefficient (Wildman–Crippen LogP) is 2.76. The summed E-state index contributed by atoms with van der Waals surface area (Å²) in [7, 11) is 0. The number of hydrogen-bond acceptors (Lipinski definition) is 1. The lowest BCUT2D eigenvalue weighted by Crippen LogP contribution is -2.10. The van der Waals surface area contributed by atoms with E-state index in [2.05, 4.69) is 11.9 Å². The van der Waals surface area contributed by atoms with E-state index in [0.717, 1.165) is 24.1 Å². The molecule has 13 heavy (non-hydrogen) atoms. The molecule has 1 saturated heterocycles. The van der Waals surface area contributed by atoms with Crippen LogP contribution in [0.5, 0.6) is 0 Å². The molecule has 2 heteroatoms. The van der Waals surface area contributed by atoms with Gasteiger partial charge in [0.25, 0.3) is 0 Å². The molecule has 1 aromatic rings. The second-order valence-corrected chi connectivity index (χ2v) is 3.39. The van der Waals surface area contributed by atoms with Gasteiger partial charge in [-0.15, -0.1) is 0 Å². The molecule has 0 bridgehead atoms. The molecule has 0 amide bonds. The van der Waals surface area contributed by atoms with E-state index >= 15 is 0 Å². The first-order valence-corrected chi connectivity index (χ1v) is 4.45. The number of nitrogens with one attached hydrogen (secondary N) is 1. The van der Waals surface area contributed by atoms with Crippen LogP contribution in [0.3, 0.4) is 0 Å². The van der Waals surface area contributed by atoms with Crippen molar-refractivity contribution < 1.29 is 4.39 Å². The third-order valence-electron chi connectivity index (χ3n) is 2.39. The Morgan fingerprint density at radius 2 is 2.00 bits per heavy atom. The summed E-state index contributed by atoms with van der Waals surface area (Å²) >= 11 is 0. The van der Waals surface area contributed by atoms with Gasteiger partial charge >= 0.3 is 0 Å². The minimum absolute atomic E-state index is 0.180. The molecule has 1 aliphatic rings. The van der Waals surface area contributed by atoms with Gasteiger partial charge in [0.05, 0.1) is 6.04 Å². The first-order chi connectivity index (χ1) is 6.25. The summed E-state index contributed by atoms with van der Waals surface area (Å²) in [4.78, 5) is 0. The van der Waals surface area contributed by atoms with E-state index in [1.54, 1.807) is 0 Å². The SMILES string of the molecule is C=C1CCC(c2ccc(F)cc2)N1. The van der Waals surface area contributed by atoms with Gasteiger partial charge < -0.3 is 5.32 Å². The highest BCUT2D eigenvalue weighted by molar-refractivity contribution is 5.23. The molecule has 0 spiro atoms. The largest absolute Gasteiger partial charge is 0.382 e. The number of allylic oxidation sites excluding steroid dienone is 1. The highest BCUT2D eigenvalue weighted by atomic mass is 19.1. The van der Waals surface area contributed by atoms with Crippen LogP contribution in [0, 0.1) is 5.82 Å². The molecule has 0 aliphatic carbocycles. The van der Waals surface area contributed by atoms with Gasteiger partial charge in [-0.25, -0.2) is 4.39 Å². The van der Waals surface area contributed by atoms with Crippen molar-refractivity contribution >= 4 is 0 Å². The molecule has 1 atom stereocenters. The first-order valence-electron chi connectivity index (χ1n) is 4.45. The first kappa shape index (κ1) is 8.30. The maximum absolute atomic E-state index is 12.6. The van der Waals surface area contributed by atoms with E-state index in [0.29, 0.717) is 6.04 Å². The van der Waals surface area contributed by atoms with Gasteiger partial charge in [0, 0.05) is 5.70 Å². The fourth-order valence-corrected chi connectivity index (χ4v) is 1.65. The van der Waals surface area contributed by atoms with Gasteiger partial charge in [-0.05, 0) is 30.5 Å². The van der Waals surface area contributed by atoms with E-state index in [1.807, 2.05) is 12.1 Å². The van der Waals surface area contributed by atoms with E-state index in [9.17, 15) is 4.39 Å². The smallest absolute Gasteiger partial charge is 0.123 e. The fourth-order valence-electron chi connectivity index (χ4n) is 1.65. The Hall–Kier alpha value is -1.31. The molecule has 1 heterocycles. The summed E-state index contributed by atoms with van der Waals surface area (Å²) in [6, 6.07) is 6.97. The van der Waals surface area contributed by atoms with Gasteiger partial charge in [0.2, 0.25) is 0 Å². The molecule has 0 saturated carbocycles. The number of rotatable bonds is 1. The van der Waals surface area contributed by atoms with Crippen LogP contribution in [0.1, 0.15) is 24.4 Å². The number of benzene rings is 1. The lowest BCUT2D eigenvalue weighted by atomic mass is 10.1. The highest BCUT2D eigenvalue weighted by Crippen LogP contribution is 2.27. The van der Waals surface area contributed by atoms with E-state index in [1.165, 1.54) is 12.1 Å². The summed E-state index contributed by atoms with van der Waals surface area (Å²) in [6.07, 6.45) is 2.08. The van der Waals surface area contributed by atoms with Gasteiger partial charge in [0.1, 0.15) is 5.82 Å². The van der Waals surface area contributed by atoms with Crippen molar-refractivity contribution in [3.8, 4) is 0 Å². The quantitative estimate of drug-likeness (QED) is 0.695. The van der Waals surface area contributed by atoms with Crippen LogP contribution in [-0.2, 0) is 0 Å². The lowest BCUT2D eigenvalue weighted by Gasteiger charge is -2.10. The van der Waals surface area contributed by atoms with Crippen molar-refractivity contribution in [1.82, 2.24) is 5.32 Å². The zero-order chi connectivity index (χ0) is 9.26. The molecular weight excluding hydrogens is 165 g/mol. The average molecular weight is 177 g/mol. The maximum Gasteiger partial charge on any atom is 0.123 e. The molecule has 0 radical (unpaired) electrons. The molecule has 1 aliphatic heterocycles. The van der Waals surface area contributed by atoms with Gasteiger partial charge in [-0.1, -0.05) is 18.7 Å². The minimum atomic E-state index is -0.180. The molecule has 68 valence electrons. The summed E-state index contributed by atoms with van der Waals surface area (Å²) in [5.74, 6) is -0.180. The second-order valence-electron chi connectivity index (χ2n) is 3.39. The van der Waals surface area contributed by atoms with E-state index < -0.39 is 0 Å². The van der Waals surface area contributed by atoms with Crippen molar-refractivity contribution in [2.75, 3.05) is 0 Å². The highest BCUT2D eigenvalue weighted by Gasteiger charge is 2.17. The van der Waals surface area contributed by atoms with Gasteiger partial charge in [-0.3, -0.25) is 0 Å². The summed E-state index contributed by atoms with van der Waals surface area (Å²) in [5.41, 5.74) is 2.22. The standard InChI is InChI=1S/C11H12FN/c1-8-2-7-11(13-8)9-3-5-10(12)6-4-9/h3-6,11,13H,1-2,7H2. The Bertz CT molecular complexity index is 315. The van der Waals surface area contributed by atoms with E-state index in [4.69, 9.17) is 0 Å². The Kier molecular flexibility index (Phi) is 2.05. The van der Waals surface area contributed by atoms with Crippen LogP contribution in [0.4, 0.5) is 4.39 Å². The Labute approximate surface area is 77.3 Å². The average Bonchev–Trinajstić information content (AvgIpc) is 2.53. The maximum atomic E-state index is 12.6. The van der Waals surface area contributed by atoms with Gasteiger partial charge in [-0.2, -0.15) is 0 Å². The Balaban J connectivity index is 2.17. The molecule has 0 aromatic heterocycles. The monoisotopic (exact) mass is 177 g/mol. The van der Waals surface area contributed by atoms with Crippen molar-refractivity contribution in [2.24, 2.45) is 0 Å². The van der Waals surface area contributed by atoms with Crippen molar-refractivity contribution in [3.05, 3.63) is 47.9 Å². The Morgan fingerprint density at radius 3 is 2.54 bits per heavy atom. The third kappa shape index (κ3) is 1.72. The molecular formula is C11H12FN. The fraction of sp³-hybridized carbons (Fsp3) is 0.273. The van der Waals surface area contributed by atoms with Crippen LogP contribution >= 0.6 is 0 Å².